The van der Waals surface area contributed by atoms with Crippen LogP contribution in [0.2, 0.25) is 5.02 Å². The first kappa shape index (κ1) is 29.8. The van der Waals surface area contributed by atoms with E-state index in [9.17, 15) is 12.8 Å². The Morgan fingerprint density at radius 1 is 1.05 bits per heavy atom. The minimum absolute atomic E-state index is 0.0599. The minimum Gasteiger partial charge on any atom is -0.487 e. The summed E-state index contributed by atoms with van der Waals surface area (Å²) in [6.45, 7) is 1.93. The van der Waals surface area contributed by atoms with Crippen molar-refractivity contribution in [1.82, 2.24) is 15.0 Å². The predicted molar refractivity (Wildman–Crippen MR) is 160 cm³/mol. The van der Waals surface area contributed by atoms with Crippen molar-refractivity contribution in [3.8, 4) is 17.0 Å². The van der Waals surface area contributed by atoms with Gasteiger partial charge in [0, 0.05) is 33.8 Å². The van der Waals surface area contributed by atoms with E-state index >= 15 is 4.39 Å². The number of fused-ring (bicyclic) bond motifs is 1. The fourth-order valence-corrected chi connectivity index (χ4v) is 5.61. The van der Waals surface area contributed by atoms with Crippen LogP contribution < -0.4 is 10.1 Å². The Hall–Kier alpha value is -3.71. The molecule has 218 valence electrons. The summed E-state index contributed by atoms with van der Waals surface area (Å²) in [6.07, 6.45) is 1.33. The van der Waals surface area contributed by atoms with Crippen LogP contribution in [0, 0.1) is 11.6 Å². The van der Waals surface area contributed by atoms with Crippen LogP contribution in [-0.4, -0.2) is 41.5 Å². The molecule has 2 heterocycles. The summed E-state index contributed by atoms with van der Waals surface area (Å²) in [5.41, 5.74) is 2.35. The molecule has 0 aliphatic rings. The molecule has 42 heavy (non-hydrogen) atoms. The van der Waals surface area contributed by atoms with E-state index in [1.165, 1.54) is 35.9 Å². The number of thiazole rings is 1. The number of hydrogen-bond acceptors (Lipinski definition) is 9. The Morgan fingerprint density at radius 3 is 2.69 bits per heavy atom. The fraction of sp³-hybridized carbons (Fsp3) is 0.207. The molecule has 0 fully saturated rings. The summed E-state index contributed by atoms with van der Waals surface area (Å²) in [5.74, 6) is 0.0161. The smallest absolute Gasteiger partial charge is 0.152 e. The van der Waals surface area contributed by atoms with Gasteiger partial charge in [0.15, 0.2) is 9.84 Å². The van der Waals surface area contributed by atoms with Crippen molar-refractivity contribution in [3.63, 3.8) is 0 Å². The highest BCUT2D eigenvalue weighted by molar-refractivity contribution is 7.91. The van der Waals surface area contributed by atoms with Gasteiger partial charge >= 0.3 is 0 Å². The van der Waals surface area contributed by atoms with Gasteiger partial charge < -0.3 is 14.8 Å². The number of rotatable bonds is 12. The highest BCUT2D eigenvalue weighted by atomic mass is 35.5. The first-order valence-corrected chi connectivity index (χ1v) is 15.9. The summed E-state index contributed by atoms with van der Waals surface area (Å²) in [6, 6.07) is 14.2. The SMILES string of the molecule is CCS(=O)(=O)CCOCc1nc(-c2cc3c(Nc4ccc(OCc5cccc(F)c5)c(Cl)c4)ncnc3cc2F)cs1. The van der Waals surface area contributed by atoms with Crippen LogP contribution in [0.3, 0.4) is 0 Å². The van der Waals surface area contributed by atoms with Crippen molar-refractivity contribution < 1.29 is 26.7 Å². The average Bonchev–Trinajstić information content (AvgIpc) is 3.43. The Morgan fingerprint density at radius 2 is 1.90 bits per heavy atom. The van der Waals surface area contributed by atoms with Gasteiger partial charge in [0.1, 0.15) is 41.1 Å². The summed E-state index contributed by atoms with van der Waals surface area (Å²) >= 11 is 7.74. The van der Waals surface area contributed by atoms with Gasteiger partial charge in [-0.1, -0.05) is 30.7 Å². The molecule has 13 heteroatoms. The summed E-state index contributed by atoms with van der Waals surface area (Å²) in [4.78, 5) is 13.0. The third-order valence-electron chi connectivity index (χ3n) is 6.23. The lowest BCUT2D eigenvalue weighted by Gasteiger charge is -2.12. The molecule has 3 aromatic carbocycles. The number of ether oxygens (including phenoxy) is 2. The topological polar surface area (TPSA) is 103 Å². The monoisotopic (exact) mass is 630 g/mol. The molecule has 0 amide bonds. The molecule has 0 aliphatic heterocycles. The zero-order valence-corrected chi connectivity index (χ0v) is 24.7. The molecule has 0 saturated carbocycles. The van der Waals surface area contributed by atoms with Crippen LogP contribution in [0.5, 0.6) is 5.75 Å². The molecule has 5 rings (SSSR count). The maximum atomic E-state index is 15.1. The van der Waals surface area contributed by atoms with Gasteiger partial charge in [-0.15, -0.1) is 11.3 Å². The molecule has 8 nitrogen and oxygen atoms in total. The summed E-state index contributed by atoms with van der Waals surface area (Å²) < 4.78 is 63.0. The highest BCUT2D eigenvalue weighted by Gasteiger charge is 2.15. The molecule has 0 aliphatic carbocycles. The number of nitrogens with zero attached hydrogens (tertiary/aromatic N) is 3. The van der Waals surface area contributed by atoms with Crippen LogP contribution in [0.25, 0.3) is 22.2 Å². The summed E-state index contributed by atoms with van der Waals surface area (Å²) in [7, 11) is -3.12. The lowest BCUT2D eigenvalue weighted by atomic mass is 10.1. The van der Waals surface area contributed by atoms with Crippen LogP contribution in [-0.2, 0) is 27.8 Å². The normalized spacial score (nSPS) is 11.6. The largest absolute Gasteiger partial charge is 0.487 e. The lowest BCUT2D eigenvalue weighted by molar-refractivity contribution is 0.135. The van der Waals surface area contributed by atoms with Crippen molar-refractivity contribution >= 4 is 55.2 Å². The highest BCUT2D eigenvalue weighted by Crippen LogP contribution is 2.34. The molecule has 0 spiro atoms. The van der Waals surface area contributed by atoms with E-state index in [0.29, 0.717) is 49.4 Å². The number of benzene rings is 3. The number of sulfone groups is 1. The molecule has 0 atom stereocenters. The molecule has 0 saturated heterocycles. The predicted octanol–water partition coefficient (Wildman–Crippen LogP) is 6.96. The third-order valence-corrected chi connectivity index (χ3v) is 9.02. The van der Waals surface area contributed by atoms with Crippen molar-refractivity contribution in [3.05, 3.63) is 93.5 Å². The lowest BCUT2D eigenvalue weighted by Crippen LogP contribution is -2.13. The molecular weight excluding hydrogens is 606 g/mol. The number of anilines is 2. The van der Waals surface area contributed by atoms with Crippen molar-refractivity contribution in [2.45, 2.75) is 20.1 Å². The minimum atomic E-state index is -3.12. The molecule has 5 aromatic rings. The van der Waals surface area contributed by atoms with E-state index in [1.807, 2.05) is 0 Å². The Labute approximate surface area is 250 Å². The molecule has 2 aromatic heterocycles. The number of nitrogens with one attached hydrogen (secondary N) is 1. The fourth-order valence-electron chi connectivity index (χ4n) is 3.98. The quantitative estimate of drug-likeness (QED) is 0.148. The Bertz CT molecular complexity index is 1840. The maximum absolute atomic E-state index is 15.1. The third kappa shape index (κ3) is 7.37. The van der Waals surface area contributed by atoms with Gasteiger partial charge in [0.25, 0.3) is 0 Å². The van der Waals surface area contributed by atoms with Gasteiger partial charge in [-0.05, 0) is 42.0 Å². The second kappa shape index (κ2) is 13.1. The zero-order valence-electron chi connectivity index (χ0n) is 22.3. The first-order valence-electron chi connectivity index (χ1n) is 12.8. The standard InChI is InChI=1S/C29H25ClF2N4O4S2/c1-2-42(37,38)9-8-39-15-28-36-26(16-41-28)21-12-22-25(13-24(21)32)33-17-34-29(22)35-20-6-7-27(23(30)11-20)40-14-18-4-3-5-19(31)10-18/h3-7,10-13,16-17H,2,8-9,14-15H2,1H3,(H,33,34,35). The molecule has 0 radical (unpaired) electrons. The number of hydrogen-bond donors (Lipinski definition) is 1. The van der Waals surface area contributed by atoms with E-state index in [1.54, 1.807) is 48.7 Å². The van der Waals surface area contributed by atoms with Crippen LogP contribution in [0.15, 0.2) is 66.3 Å². The first-order chi connectivity index (χ1) is 20.2. The summed E-state index contributed by atoms with van der Waals surface area (Å²) in [5, 5.41) is 6.41. The van der Waals surface area contributed by atoms with Crippen LogP contribution in [0.4, 0.5) is 20.3 Å². The van der Waals surface area contributed by atoms with Crippen molar-refractivity contribution in [1.29, 1.82) is 0 Å². The van der Waals surface area contributed by atoms with Gasteiger partial charge in [0.2, 0.25) is 0 Å². The maximum Gasteiger partial charge on any atom is 0.152 e. The van der Waals surface area contributed by atoms with Crippen LogP contribution >= 0.6 is 22.9 Å². The Kier molecular flexibility index (Phi) is 9.27. The number of aromatic nitrogens is 3. The van der Waals surface area contributed by atoms with E-state index in [0.717, 1.165) is 0 Å². The second-order valence-electron chi connectivity index (χ2n) is 9.18. The molecule has 0 unspecified atom stereocenters. The van der Waals surface area contributed by atoms with Crippen molar-refractivity contribution in [2.75, 3.05) is 23.4 Å². The van der Waals surface area contributed by atoms with Gasteiger partial charge in [0.05, 0.1) is 35.2 Å². The number of halogens is 3. The van der Waals surface area contributed by atoms with E-state index in [-0.39, 0.29) is 42.7 Å². The second-order valence-corrected chi connectivity index (χ2v) is 13.0. The van der Waals surface area contributed by atoms with Gasteiger partial charge in [-0.3, -0.25) is 0 Å². The van der Waals surface area contributed by atoms with E-state index in [4.69, 9.17) is 21.1 Å². The molecular formula is C29H25ClF2N4O4S2. The average molecular weight is 631 g/mol. The van der Waals surface area contributed by atoms with E-state index < -0.39 is 15.7 Å². The van der Waals surface area contributed by atoms with Crippen LogP contribution in [0.1, 0.15) is 17.5 Å². The molecule has 1 N–H and O–H groups in total. The van der Waals surface area contributed by atoms with E-state index in [2.05, 4.69) is 20.3 Å². The van der Waals surface area contributed by atoms with Crippen molar-refractivity contribution in [2.24, 2.45) is 0 Å². The zero-order chi connectivity index (χ0) is 29.7. The van der Waals surface area contributed by atoms with Gasteiger partial charge in [-0.2, -0.15) is 0 Å². The van der Waals surface area contributed by atoms with Gasteiger partial charge in [-0.25, -0.2) is 32.2 Å². The molecule has 0 bridgehead atoms. The Balaban J connectivity index is 1.31.